The van der Waals surface area contributed by atoms with Crippen molar-refractivity contribution in [3.05, 3.63) is 34.9 Å². The van der Waals surface area contributed by atoms with Crippen LogP contribution in [0.15, 0.2) is 18.2 Å². The molecule has 5 heteroatoms. The number of aryl methyl sites for hydroxylation is 2. The molecule has 110 valence electrons. The first kappa shape index (κ1) is 16.6. The molecule has 1 N–H and O–H groups in total. The lowest BCUT2D eigenvalue weighted by atomic mass is 10.0. The van der Waals surface area contributed by atoms with Gasteiger partial charge in [0, 0.05) is 5.56 Å². The molecule has 1 atom stereocenters. The molecule has 1 aromatic carbocycles. The Morgan fingerprint density at radius 3 is 2.65 bits per heavy atom. The highest BCUT2D eigenvalue weighted by Crippen LogP contribution is 2.12. The van der Waals surface area contributed by atoms with Crippen LogP contribution in [0.5, 0.6) is 0 Å². The molecular formula is C15H21NO3S. The molecule has 0 saturated heterocycles. The van der Waals surface area contributed by atoms with Crippen molar-refractivity contribution in [1.29, 1.82) is 0 Å². The van der Waals surface area contributed by atoms with E-state index < -0.39 is 12.0 Å². The molecule has 0 fully saturated rings. The third-order valence-electron chi connectivity index (χ3n) is 3.04. The first-order valence-electron chi connectivity index (χ1n) is 6.44. The van der Waals surface area contributed by atoms with Crippen LogP contribution in [0.1, 0.15) is 27.9 Å². The summed E-state index contributed by atoms with van der Waals surface area (Å²) in [5, 5.41) is 2.76. The van der Waals surface area contributed by atoms with Gasteiger partial charge in [0.15, 0.2) is 0 Å². The maximum Gasteiger partial charge on any atom is 0.328 e. The number of nitrogens with one attached hydrogen (secondary N) is 1. The Morgan fingerprint density at radius 1 is 1.35 bits per heavy atom. The van der Waals surface area contributed by atoms with Gasteiger partial charge >= 0.3 is 5.97 Å². The molecule has 0 aliphatic rings. The summed E-state index contributed by atoms with van der Waals surface area (Å²) in [6.45, 7) is 3.81. The molecule has 1 aromatic rings. The first-order chi connectivity index (χ1) is 9.49. The maximum atomic E-state index is 12.3. The third-order valence-corrected chi connectivity index (χ3v) is 3.68. The van der Waals surface area contributed by atoms with Crippen molar-refractivity contribution in [2.75, 3.05) is 19.1 Å². The fraction of sp³-hybridized carbons (Fsp3) is 0.467. The fourth-order valence-corrected chi connectivity index (χ4v) is 2.31. The fourth-order valence-electron chi connectivity index (χ4n) is 1.84. The number of rotatable bonds is 6. The normalized spacial score (nSPS) is 11.8. The molecule has 0 unspecified atom stereocenters. The van der Waals surface area contributed by atoms with Crippen molar-refractivity contribution >= 4 is 23.6 Å². The summed E-state index contributed by atoms with van der Waals surface area (Å²) in [6, 6.07) is 5.09. The molecule has 0 spiro atoms. The number of carbonyl (C=O) groups is 2. The minimum Gasteiger partial charge on any atom is -0.467 e. The predicted molar refractivity (Wildman–Crippen MR) is 82.2 cm³/mol. The molecule has 0 saturated carbocycles. The molecule has 4 nitrogen and oxygen atoms in total. The van der Waals surface area contributed by atoms with Gasteiger partial charge in [0.05, 0.1) is 7.11 Å². The van der Waals surface area contributed by atoms with Gasteiger partial charge in [0.2, 0.25) is 0 Å². The number of thioether (sulfide) groups is 1. The van der Waals surface area contributed by atoms with Crippen molar-refractivity contribution in [3.63, 3.8) is 0 Å². The molecule has 0 radical (unpaired) electrons. The van der Waals surface area contributed by atoms with Gasteiger partial charge in [0.25, 0.3) is 5.91 Å². The van der Waals surface area contributed by atoms with E-state index in [1.807, 2.05) is 38.3 Å². The Labute approximate surface area is 124 Å². The van der Waals surface area contributed by atoms with Crippen molar-refractivity contribution in [1.82, 2.24) is 5.32 Å². The van der Waals surface area contributed by atoms with Crippen LogP contribution in [-0.4, -0.2) is 37.0 Å². The Hall–Kier alpha value is -1.49. The molecule has 20 heavy (non-hydrogen) atoms. The highest BCUT2D eigenvalue weighted by molar-refractivity contribution is 7.98. The highest BCUT2D eigenvalue weighted by atomic mass is 32.2. The second-order valence-electron chi connectivity index (χ2n) is 4.65. The molecule has 0 heterocycles. The Kier molecular flexibility index (Phi) is 6.58. The largest absolute Gasteiger partial charge is 0.467 e. The van der Waals surface area contributed by atoms with E-state index >= 15 is 0 Å². The van der Waals surface area contributed by atoms with Crippen LogP contribution in [0.25, 0.3) is 0 Å². The summed E-state index contributed by atoms with van der Waals surface area (Å²) in [7, 11) is 1.33. The lowest BCUT2D eigenvalue weighted by Gasteiger charge is -2.17. The Morgan fingerprint density at radius 2 is 2.05 bits per heavy atom. The summed E-state index contributed by atoms with van der Waals surface area (Å²) < 4.78 is 4.74. The minimum atomic E-state index is -0.597. The predicted octanol–water partition coefficient (Wildman–Crippen LogP) is 2.33. The van der Waals surface area contributed by atoms with E-state index in [9.17, 15) is 9.59 Å². The van der Waals surface area contributed by atoms with Crippen LogP contribution in [0.2, 0.25) is 0 Å². The van der Waals surface area contributed by atoms with E-state index in [4.69, 9.17) is 4.74 Å². The molecular weight excluding hydrogens is 274 g/mol. The van der Waals surface area contributed by atoms with Crippen LogP contribution >= 0.6 is 11.8 Å². The van der Waals surface area contributed by atoms with E-state index in [0.29, 0.717) is 12.0 Å². The summed E-state index contributed by atoms with van der Waals surface area (Å²) in [4.78, 5) is 24.0. The van der Waals surface area contributed by atoms with Gasteiger partial charge in [-0.3, -0.25) is 4.79 Å². The van der Waals surface area contributed by atoms with Crippen LogP contribution in [-0.2, 0) is 9.53 Å². The lowest BCUT2D eigenvalue weighted by Crippen LogP contribution is -2.42. The standard InChI is InChI=1S/C15H21NO3S/c1-10-5-6-11(2)12(9-10)14(17)16-13(7-8-20-4)15(18)19-3/h5-6,9,13H,7-8H2,1-4H3,(H,16,17)/t13-/m1/s1. The number of ether oxygens (including phenoxy) is 1. The van der Waals surface area contributed by atoms with E-state index in [1.165, 1.54) is 7.11 Å². The van der Waals surface area contributed by atoms with E-state index in [0.717, 1.165) is 16.9 Å². The van der Waals surface area contributed by atoms with Crippen molar-refractivity contribution in [2.24, 2.45) is 0 Å². The smallest absolute Gasteiger partial charge is 0.328 e. The number of esters is 1. The van der Waals surface area contributed by atoms with E-state index in [2.05, 4.69) is 5.32 Å². The number of benzene rings is 1. The van der Waals surface area contributed by atoms with Gasteiger partial charge in [-0.25, -0.2) is 4.79 Å². The minimum absolute atomic E-state index is 0.234. The van der Waals surface area contributed by atoms with Crippen LogP contribution in [0.3, 0.4) is 0 Å². The van der Waals surface area contributed by atoms with Crippen LogP contribution in [0.4, 0.5) is 0 Å². The highest BCUT2D eigenvalue weighted by Gasteiger charge is 2.22. The molecule has 0 aliphatic carbocycles. The van der Waals surface area contributed by atoms with Gasteiger partial charge in [-0.1, -0.05) is 17.7 Å². The van der Waals surface area contributed by atoms with Crippen molar-refractivity contribution in [2.45, 2.75) is 26.3 Å². The van der Waals surface area contributed by atoms with Crippen molar-refractivity contribution in [3.8, 4) is 0 Å². The summed E-state index contributed by atoms with van der Waals surface area (Å²) in [5.41, 5.74) is 2.50. The zero-order valence-corrected chi connectivity index (χ0v) is 13.2. The van der Waals surface area contributed by atoms with Crippen LogP contribution < -0.4 is 5.32 Å². The molecule has 0 bridgehead atoms. The number of carbonyl (C=O) groups excluding carboxylic acids is 2. The lowest BCUT2D eigenvalue weighted by molar-refractivity contribution is -0.142. The maximum absolute atomic E-state index is 12.3. The summed E-state index contributed by atoms with van der Waals surface area (Å²) in [5.74, 6) is 0.146. The molecule has 0 aromatic heterocycles. The zero-order valence-electron chi connectivity index (χ0n) is 12.4. The van der Waals surface area contributed by atoms with Gasteiger partial charge in [0.1, 0.15) is 6.04 Å². The van der Waals surface area contributed by atoms with Gasteiger partial charge in [-0.05, 0) is 43.9 Å². The number of methoxy groups -OCH3 is 1. The second-order valence-corrected chi connectivity index (χ2v) is 5.63. The van der Waals surface area contributed by atoms with Gasteiger partial charge < -0.3 is 10.1 Å². The van der Waals surface area contributed by atoms with Gasteiger partial charge in [-0.15, -0.1) is 0 Å². The Bertz CT molecular complexity index is 488. The first-order valence-corrected chi connectivity index (χ1v) is 7.84. The molecule has 1 amide bonds. The summed E-state index contributed by atoms with van der Waals surface area (Å²) >= 11 is 1.63. The third kappa shape index (κ3) is 4.56. The molecule has 0 aliphatic heterocycles. The SMILES string of the molecule is COC(=O)[C@@H](CCSC)NC(=O)c1cc(C)ccc1C. The van der Waals surface area contributed by atoms with E-state index in [1.54, 1.807) is 11.8 Å². The average molecular weight is 295 g/mol. The topological polar surface area (TPSA) is 55.4 Å². The number of amides is 1. The Balaban J connectivity index is 2.84. The van der Waals surface area contributed by atoms with Gasteiger partial charge in [-0.2, -0.15) is 11.8 Å². The number of hydrogen-bond acceptors (Lipinski definition) is 4. The average Bonchev–Trinajstić information content (AvgIpc) is 2.44. The van der Waals surface area contributed by atoms with Crippen molar-refractivity contribution < 1.29 is 14.3 Å². The molecule has 1 rings (SSSR count). The van der Waals surface area contributed by atoms with E-state index in [-0.39, 0.29) is 5.91 Å². The second kappa shape index (κ2) is 7.94. The summed E-state index contributed by atoms with van der Waals surface area (Å²) in [6.07, 6.45) is 2.52. The number of hydrogen-bond donors (Lipinski definition) is 1. The monoisotopic (exact) mass is 295 g/mol. The zero-order chi connectivity index (χ0) is 15.1. The van der Waals surface area contributed by atoms with Crippen LogP contribution in [0, 0.1) is 13.8 Å². The quantitative estimate of drug-likeness (QED) is 0.818.